The van der Waals surface area contributed by atoms with E-state index < -0.39 is 41.4 Å². The van der Waals surface area contributed by atoms with Gasteiger partial charge in [-0.1, -0.05) is 93.5 Å². The largest absolute Gasteiger partial charge is 0.467 e. The molecular formula is C27H42N2O7S2. The SMILES string of the molecule is COC(=O)C(CSSCC(NC(=O)[C@H](OCc1ccccc1)C(C)(C)C)C(=O)OC)NC(=O)CC(C)(C)C. The van der Waals surface area contributed by atoms with Crippen molar-refractivity contribution in [1.29, 1.82) is 0 Å². The molecule has 1 rings (SSSR count). The predicted octanol–water partition coefficient (Wildman–Crippen LogP) is 3.75. The Kier molecular flexibility index (Phi) is 14.2. The molecule has 3 atom stereocenters. The Bertz CT molecular complexity index is 914. The molecule has 0 bridgehead atoms. The molecular weight excluding hydrogens is 528 g/mol. The predicted molar refractivity (Wildman–Crippen MR) is 151 cm³/mol. The molecule has 2 N–H and O–H groups in total. The number of carbonyl (C=O) groups is 4. The molecule has 38 heavy (non-hydrogen) atoms. The number of amides is 2. The number of carbonyl (C=O) groups excluding carboxylic acids is 4. The molecule has 0 aliphatic heterocycles. The van der Waals surface area contributed by atoms with Gasteiger partial charge in [-0.05, 0) is 16.4 Å². The highest BCUT2D eigenvalue weighted by Gasteiger charge is 2.35. The highest BCUT2D eigenvalue weighted by molar-refractivity contribution is 8.76. The summed E-state index contributed by atoms with van der Waals surface area (Å²) in [5.74, 6) is -1.41. The lowest BCUT2D eigenvalue weighted by Gasteiger charge is -2.30. The van der Waals surface area contributed by atoms with Crippen LogP contribution in [-0.4, -0.2) is 67.7 Å². The number of esters is 2. The minimum atomic E-state index is -0.928. The van der Waals surface area contributed by atoms with Gasteiger partial charge in [-0.25, -0.2) is 9.59 Å². The molecule has 0 aromatic heterocycles. The average Bonchev–Trinajstić information content (AvgIpc) is 2.82. The minimum absolute atomic E-state index is 0.183. The Morgan fingerprint density at radius 3 is 1.76 bits per heavy atom. The lowest BCUT2D eigenvalue weighted by molar-refractivity contribution is -0.149. The highest BCUT2D eigenvalue weighted by atomic mass is 33.1. The Hall–Kier alpha value is -2.24. The van der Waals surface area contributed by atoms with Crippen LogP contribution in [0.4, 0.5) is 0 Å². The summed E-state index contributed by atoms with van der Waals surface area (Å²) >= 11 is 0. The molecule has 0 radical (unpaired) electrons. The third-order valence-corrected chi connectivity index (χ3v) is 7.57. The van der Waals surface area contributed by atoms with E-state index in [0.717, 1.165) is 5.56 Å². The lowest BCUT2D eigenvalue weighted by Crippen LogP contribution is -2.51. The van der Waals surface area contributed by atoms with Crippen molar-refractivity contribution in [2.24, 2.45) is 10.8 Å². The molecule has 214 valence electrons. The maximum atomic E-state index is 13.2. The standard InChI is InChI=1S/C27H42N2O7S2/c1-26(2,3)14-21(30)28-19(24(32)34-7)16-37-38-17-20(25(33)35-8)29-23(31)22(27(4,5)6)36-15-18-12-10-9-11-13-18/h9-13,19-20,22H,14-17H2,1-8H3,(H,28,30)(H,29,31)/t19?,20?,22-/m0/s1. The summed E-state index contributed by atoms with van der Waals surface area (Å²) in [6.07, 6.45) is -0.551. The first-order valence-electron chi connectivity index (χ1n) is 12.3. The molecule has 0 saturated carbocycles. The van der Waals surface area contributed by atoms with Crippen LogP contribution >= 0.6 is 21.6 Å². The van der Waals surface area contributed by atoms with Gasteiger partial charge in [-0.15, -0.1) is 0 Å². The van der Waals surface area contributed by atoms with E-state index in [-0.39, 0.29) is 35.9 Å². The topological polar surface area (TPSA) is 120 Å². The molecule has 2 amide bonds. The van der Waals surface area contributed by atoms with Gasteiger partial charge in [0.15, 0.2) is 0 Å². The van der Waals surface area contributed by atoms with Crippen molar-refractivity contribution in [3.05, 3.63) is 35.9 Å². The van der Waals surface area contributed by atoms with E-state index in [2.05, 4.69) is 10.6 Å². The Morgan fingerprint density at radius 1 is 0.816 bits per heavy atom. The van der Waals surface area contributed by atoms with Crippen molar-refractivity contribution in [1.82, 2.24) is 10.6 Å². The van der Waals surface area contributed by atoms with Gasteiger partial charge in [0.2, 0.25) is 11.8 Å². The van der Waals surface area contributed by atoms with Gasteiger partial charge in [-0.3, -0.25) is 9.59 Å². The number of ether oxygens (including phenoxy) is 3. The van der Waals surface area contributed by atoms with Crippen LogP contribution in [0, 0.1) is 10.8 Å². The van der Waals surface area contributed by atoms with Gasteiger partial charge in [0.25, 0.3) is 0 Å². The van der Waals surface area contributed by atoms with Crippen molar-refractivity contribution in [2.45, 2.75) is 72.8 Å². The quantitative estimate of drug-likeness (QED) is 0.196. The third kappa shape index (κ3) is 13.0. The van der Waals surface area contributed by atoms with Gasteiger partial charge in [0.05, 0.1) is 20.8 Å². The van der Waals surface area contributed by atoms with E-state index in [1.165, 1.54) is 35.8 Å². The molecule has 9 nitrogen and oxygen atoms in total. The Morgan fingerprint density at radius 2 is 1.32 bits per heavy atom. The van der Waals surface area contributed by atoms with Crippen LogP contribution in [0.1, 0.15) is 53.5 Å². The van der Waals surface area contributed by atoms with Crippen LogP contribution in [0.3, 0.4) is 0 Å². The monoisotopic (exact) mass is 570 g/mol. The molecule has 0 fully saturated rings. The number of hydrogen-bond acceptors (Lipinski definition) is 9. The van der Waals surface area contributed by atoms with E-state index in [9.17, 15) is 19.2 Å². The van der Waals surface area contributed by atoms with E-state index in [0.29, 0.717) is 0 Å². The van der Waals surface area contributed by atoms with Crippen molar-refractivity contribution in [2.75, 3.05) is 25.7 Å². The summed E-state index contributed by atoms with van der Waals surface area (Å²) in [6.45, 7) is 11.7. The molecule has 0 aliphatic rings. The molecule has 0 spiro atoms. The summed E-state index contributed by atoms with van der Waals surface area (Å²) in [7, 11) is 5.07. The first kappa shape index (κ1) is 33.8. The van der Waals surface area contributed by atoms with Crippen LogP contribution in [0.15, 0.2) is 30.3 Å². The van der Waals surface area contributed by atoms with Gasteiger partial charge in [0.1, 0.15) is 18.2 Å². The second-order valence-electron chi connectivity index (χ2n) is 11.1. The summed E-state index contributed by atoms with van der Waals surface area (Å²) in [5.41, 5.74) is 0.176. The number of rotatable bonds is 14. The van der Waals surface area contributed by atoms with Crippen LogP contribution in [0.2, 0.25) is 0 Å². The van der Waals surface area contributed by atoms with Crippen LogP contribution < -0.4 is 10.6 Å². The third-order valence-electron chi connectivity index (χ3n) is 5.15. The summed E-state index contributed by atoms with van der Waals surface area (Å²) in [4.78, 5) is 50.1. The molecule has 1 aromatic rings. The molecule has 11 heteroatoms. The zero-order chi connectivity index (χ0) is 28.9. The molecule has 1 aromatic carbocycles. The van der Waals surface area contributed by atoms with Crippen molar-refractivity contribution in [3.63, 3.8) is 0 Å². The molecule has 0 aliphatic carbocycles. The fraction of sp³-hybridized carbons (Fsp3) is 0.630. The number of nitrogens with one attached hydrogen (secondary N) is 2. The number of hydrogen-bond donors (Lipinski definition) is 2. The van der Waals surface area contributed by atoms with Gasteiger partial charge < -0.3 is 24.8 Å². The number of methoxy groups -OCH3 is 2. The van der Waals surface area contributed by atoms with Gasteiger partial charge in [-0.2, -0.15) is 0 Å². The highest BCUT2D eigenvalue weighted by Crippen LogP contribution is 2.26. The zero-order valence-electron chi connectivity index (χ0n) is 23.6. The maximum absolute atomic E-state index is 13.2. The normalized spacial score (nSPS) is 14.1. The van der Waals surface area contributed by atoms with E-state index in [1.807, 2.05) is 71.9 Å². The Labute approximate surface area is 234 Å². The van der Waals surface area contributed by atoms with Crippen LogP contribution in [0.5, 0.6) is 0 Å². The summed E-state index contributed by atoms with van der Waals surface area (Å²) in [5, 5.41) is 5.47. The number of benzene rings is 1. The van der Waals surface area contributed by atoms with Crippen molar-refractivity contribution in [3.8, 4) is 0 Å². The second kappa shape index (κ2) is 16.0. The molecule has 0 saturated heterocycles. The van der Waals surface area contributed by atoms with Crippen molar-refractivity contribution < 1.29 is 33.4 Å². The van der Waals surface area contributed by atoms with Crippen LogP contribution in [0.25, 0.3) is 0 Å². The lowest BCUT2D eigenvalue weighted by atomic mass is 9.88. The second-order valence-corrected chi connectivity index (χ2v) is 13.6. The summed E-state index contributed by atoms with van der Waals surface area (Å²) in [6, 6.07) is 7.76. The molecule has 0 heterocycles. The smallest absolute Gasteiger partial charge is 0.329 e. The minimum Gasteiger partial charge on any atom is -0.467 e. The fourth-order valence-electron chi connectivity index (χ4n) is 3.30. The fourth-order valence-corrected chi connectivity index (χ4v) is 5.60. The van der Waals surface area contributed by atoms with Crippen LogP contribution in [-0.2, 0) is 40.0 Å². The van der Waals surface area contributed by atoms with E-state index in [4.69, 9.17) is 14.2 Å². The van der Waals surface area contributed by atoms with E-state index in [1.54, 1.807) is 0 Å². The maximum Gasteiger partial charge on any atom is 0.329 e. The van der Waals surface area contributed by atoms with E-state index >= 15 is 0 Å². The van der Waals surface area contributed by atoms with Gasteiger partial charge >= 0.3 is 11.9 Å². The zero-order valence-corrected chi connectivity index (χ0v) is 25.3. The first-order chi connectivity index (χ1) is 17.7. The summed E-state index contributed by atoms with van der Waals surface area (Å²) < 4.78 is 15.7. The van der Waals surface area contributed by atoms with Crippen molar-refractivity contribution >= 4 is 45.3 Å². The first-order valence-corrected chi connectivity index (χ1v) is 14.8. The molecule has 2 unspecified atom stereocenters. The Balaban J connectivity index is 2.76. The average molecular weight is 571 g/mol. The van der Waals surface area contributed by atoms with Gasteiger partial charge in [0, 0.05) is 17.9 Å².